The third-order valence-corrected chi connectivity index (χ3v) is 3.12. The molecule has 5 nitrogen and oxygen atoms in total. The molecule has 0 saturated carbocycles. The molecular formula is C17H30IN3O2. The lowest BCUT2D eigenvalue weighted by Gasteiger charge is -2.17. The van der Waals surface area contributed by atoms with Crippen molar-refractivity contribution >= 4 is 35.6 Å². The zero-order valence-corrected chi connectivity index (χ0v) is 17.4. The molecule has 23 heavy (non-hydrogen) atoms. The van der Waals surface area contributed by atoms with Gasteiger partial charge < -0.3 is 20.1 Å². The smallest absolute Gasteiger partial charge is 0.195 e. The van der Waals surface area contributed by atoms with E-state index in [1.54, 1.807) is 14.2 Å². The average molecular weight is 435 g/mol. The van der Waals surface area contributed by atoms with Gasteiger partial charge in [-0.1, -0.05) is 20.8 Å². The fraction of sp³-hybridized carbons (Fsp3) is 0.588. The number of benzene rings is 1. The summed E-state index contributed by atoms with van der Waals surface area (Å²) in [6, 6.07) is 5.72. The molecule has 0 unspecified atom stereocenters. The maximum atomic E-state index is 5.32. The van der Waals surface area contributed by atoms with Crippen molar-refractivity contribution in [1.29, 1.82) is 0 Å². The van der Waals surface area contributed by atoms with Crippen molar-refractivity contribution in [2.75, 3.05) is 32.6 Å². The Kier molecular flexibility index (Phi) is 10.0. The third-order valence-electron chi connectivity index (χ3n) is 3.12. The Morgan fingerprint density at radius 1 is 1.13 bits per heavy atom. The first-order valence-corrected chi connectivity index (χ1v) is 7.67. The monoisotopic (exact) mass is 435 g/mol. The number of hydrogen-bond acceptors (Lipinski definition) is 3. The third kappa shape index (κ3) is 8.29. The van der Waals surface area contributed by atoms with Crippen LogP contribution in [0.5, 0.6) is 11.5 Å². The highest BCUT2D eigenvalue weighted by atomic mass is 127. The second kappa shape index (κ2) is 10.6. The lowest BCUT2D eigenvalue weighted by atomic mass is 9.93. The SMILES string of the molecule is CCNC(=NCCC(C)(C)C)Nc1ccc(OC)c(OC)c1.I. The van der Waals surface area contributed by atoms with Gasteiger partial charge in [0.1, 0.15) is 0 Å². The van der Waals surface area contributed by atoms with E-state index in [-0.39, 0.29) is 29.4 Å². The molecule has 0 fully saturated rings. The van der Waals surface area contributed by atoms with Gasteiger partial charge in [-0.15, -0.1) is 24.0 Å². The maximum absolute atomic E-state index is 5.32. The topological polar surface area (TPSA) is 54.9 Å². The van der Waals surface area contributed by atoms with Crippen molar-refractivity contribution in [3.05, 3.63) is 18.2 Å². The average Bonchev–Trinajstić information content (AvgIpc) is 2.46. The van der Waals surface area contributed by atoms with E-state index in [4.69, 9.17) is 9.47 Å². The van der Waals surface area contributed by atoms with Crippen LogP contribution < -0.4 is 20.1 Å². The number of halogens is 1. The van der Waals surface area contributed by atoms with Gasteiger partial charge in [-0.3, -0.25) is 4.99 Å². The molecule has 1 aromatic carbocycles. The number of hydrogen-bond donors (Lipinski definition) is 2. The van der Waals surface area contributed by atoms with Crippen molar-refractivity contribution in [3.8, 4) is 11.5 Å². The Morgan fingerprint density at radius 3 is 2.30 bits per heavy atom. The van der Waals surface area contributed by atoms with Crippen LogP contribution >= 0.6 is 24.0 Å². The number of nitrogens with zero attached hydrogens (tertiary/aromatic N) is 1. The highest BCUT2D eigenvalue weighted by Crippen LogP contribution is 2.29. The maximum Gasteiger partial charge on any atom is 0.195 e. The van der Waals surface area contributed by atoms with E-state index in [1.807, 2.05) is 18.2 Å². The molecule has 0 aromatic heterocycles. The predicted octanol–water partition coefficient (Wildman–Crippen LogP) is 4.14. The zero-order valence-electron chi connectivity index (χ0n) is 15.0. The zero-order chi connectivity index (χ0) is 16.6. The fourth-order valence-corrected chi connectivity index (χ4v) is 1.86. The number of guanidine groups is 1. The minimum atomic E-state index is 0. The summed E-state index contributed by atoms with van der Waals surface area (Å²) in [6.45, 7) is 10.3. The summed E-state index contributed by atoms with van der Waals surface area (Å²) in [5, 5.41) is 6.55. The minimum Gasteiger partial charge on any atom is -0.493 e. The van der Waals surface area contributed by atoms with Crippen LogP contribution in [0.3, 0.4) is 0 Å². The van der Waals surface area contributed by atoms with Crippen LogP contribution in [0.2, 0.25) is 0 Å². The molecular weight excluding hydrogens is 405 g/mol. The van der Waals surface area contributed by atoms with E-state index < -0.39 is 0 Å². The first-order chi connectivity index (χ1) is 10.4. The molecule has 0 aliphatic carbocycles. The van der Waals surface area contributed by atoms with Crippen molar-refractivity contribution in [2.45, 2.75) is 34.1 Å². The van der Waals surface area contributed by atoms with E-state index >= 15 is 0 Å². The summed E-state index contributed by atoms with van der Waals surface area (Å²) >= 11 is 0. The molecule has 0 radical (unpaired) electrons. The molecule has 0 amide bonds. The molecule has 0 saturated heterocycles. The van der Waals surface area contributed by atoms with Crippen LogP contribution in [0.4, 0.5) is 5.69 Å². The summed E-state index contributed by atoms with van der Waals surface area (Å²) in [6.07, 6.45) is 1.04. The van der Waals surface area contributed by atoms with Gasteiger partial charge in [0.25, 0.3) is 0 Å². The lowest BCUT2D eigenvalue weighted by Crippen LogP contribution is -2.31. The first kappa shape index (κ1) is 21.8. The highest BCUT2D eigenvalue weighted by Gasteiger charge is 2.10. The van der Waals surface area contributed by atoms with Crippen molar-refractivity contribution in [1.82, 2.24) is 5.32 Å². The van der Waals surface area contributed by atoms with E-state index in [9.17, 15) is 0 Å². The van der Waals surface area contributed by atoms with Gasteiger partial charge in [-0.25, -0.2) is 0 Å². The standard InChI is InChI=1S/C17H29N3O2.HI/c1-7-18-16(19-11-10-17(2,3)4)20-13-8-9-14(21-5)15(12-13)22-6;/h8-9,12H,7,10-11H2,1-6H3,(H2,18,19,20);1H. The molecule has 0 heterocycles. The minimum absolute atomic E-state index is 0. The number of nitrogens with one attached hydrogen (secondary N) is 2. The van der Waals surface area contributed by atoms with E-state index in [0.717, 1.165) is 31.2 Å². The number of aliphatic imine (C=N–C) groups is 1. The van der Waals surface area contributed by atoms with Crippen molar-refractivity contribution in [2.24, 2.45) is 10.4 Å². The largest absolute Gasteiger partial charge is 0.493 e. The molecule has 0 aliphatic rings. The Bertz CT molecular complexity index is 499. The van der Waals surface area contributed by atoms with Gasteiger partial charge in [-0.2, -0.15) is 0 Å². The summed E-state index contributed by atoms with van der Waals surface area (Å²) in [7, 11) is 3.26. The normalized spacial score (nSPS) is 11.5. The molecule has 1 aromatic rings. The van der Waals surface area contributed by atoms with Crippen LogP contribution in [0.25, 0.3) is 0 Å². The van der Waals surface area contributed by atoms with Gasteiger partial charge in [0.15, 0.2) is 17.5 Å². The second-order valence-electron chi connectivity index (χ2n) is 6.27. The summed E-state index contributed by atoms with van der Waals surface area (Å²) < 4.78 is 10.6. The first-order valence-electron chi connectivity index (χ1n) is 7.67. The van der Waals surface area contributed by atoms with Gasteiger partial charge in [0, 0.05) is 24.8 Å². The Morgan fingerprint density at radius 2 is 1.78 bits per heavy atom. The number of rotatable bonds is 6. The molecule has 132 valence electrons. The Labute approximate surface area is 157 Å². The molecule has 0 atom stereocenters. The number of methoxy groups -OCH3 is 2. The van der Waals surface area contributed by atoms with E-state index in [2.05, 4.69) is 43.3 Å². The van der Waals surface area contributed by atoms with Crippen LogP contribution in [-0.2, 0) is 0 Å². The van der Waals surface area contributed by atoms with Gasteiger partial charge in [0.2, 0.25) is 0 Å². The predicted molar refractivity (Wildman–Crippen MR) is 109 cm³/mol. The quantitative estimate of drug-likeness (QED) is 0.401. The summed E-state index contributed by atoms with van der Waals surface area (Å²) in [4.78, 5) is 4.61. The van der Waals surface area contributed by atoms with Crippen molar-refractivity contribution < 1.29 is 9.47 Å². The number of ether oxygens (including phenoxy) is 2. The molecule has 6 heteroatoms. The molecule has 0 aliphatic heterocycles. The van der Waals surface area contributed by atoms with Crippen LogP contribution in [-0.4, -0.2) is 33.3 Å². The van der Waals surface area contributed by atoms with E-state index in [1.165, 1.54) is 0 Å². The van der Waals surface area contributed by atoms with E-state index in [0.29, 0.717) is 11.5 Å². The Balaban J connectivity index is 0.00000484. The van der Waals surface area contributed by atoms with Crippen LogP contribution in [0.1, 0.15) is 34.1 Å². The second-order valence-corrected chi connectivity index (χ2v) is 6.27. The molecule has 0 spiro atoms. The van der Waals surface area contributed by atoms with Gasteiger partial charge in [-0.05, 0) is 30.9 Å². The van der Waals surface area contributed by atoms with Crippen LogP contribution in [0, 0.1) is 5.41 Å². The summed E-state index contributed by atoms with van der Waals surface area (Å²) in [5.74, 6) is 2.18. The lowest BCUT2D eigenvalue weighted by molar-refractivity contribution is 0.355. The molecule has 1 rings (SSSR count). The molecule has 2 N–H and O–H groups in total. The van der Waals surface area contributed by atoms with Crippen molar-refractivity contribution in [3.63, 3.8) is 0 Å². The van der Waals surface area contributed by atoms with Gasteiger partial charge in [0.05, 0.1) is 14.2 Å². The van der Waals surface area contributed by atoms with Gasteiger partial charge >= 0.3 is 0 Å². The number of anilines is 1. The fourth-order valence-electron chi connectivity index (χ4n) is 1.86. The van der Waals surface area contributed by atoms with Crippen LogP contribution in [0.15, 0.2) is 23.2 Å². The molecule has 0 bridgehead atoms. The Hall–Kier alpha value is -1.18. The summed E-state index contributed by atoms with van der Waals surface area (Å²) in [5.41, 5.74) is 1.19. The highest BCUT2D eigenvalue weighted by molar-refractivity contribution is 14.0.